The molecule has 0 radical (unpaired) electrons. The van der Waals surface area contributed by atoms with E-state index in [0.717, 1.165) is 24.3 Å². The molecule has 0 aliphatic carbocycles. The van der Waals surface area contributed by atoms with Crippen molar-refractivity contribution in [1.29, 1.82) is 0 Å². The number of amides is 2. The zero-order valence-electron chi connectivity index (χ0n) is 19.4. The van der Waals surface area contributed by atoms with Crippen LogP contribution in [0.15, 0.2) is 5.38 Å². The lowest BCUT2D eigenvalue weighted by Gasteiger charge is -2.33. The van der Waals surface area contributed by atoms with E-state index in [1.807, 2.05) is 6.92 Å². The number of anilines is 1. The van der Waals surface area contributed by atoms with E-state index < -0.39 is 18.0 Å². The minimum absolute atomic E-state index is 0.119. The number of nitrogens with zero attached hydrogens (tertiary/aromatic N) is 4. The summed E-state index contributed by atoms with van der Waals surface area (Å²) in [6, 6.07) is -0.665. The largest absolute Gasteiger partial charge is 0.451 e. The molecule has 1 fully saturated rings. The van der Waals surface area contributed by atoms with Crippen LogP contribution in [-0.2, 0) is 23.8 Å². The molecule has 0 bridgehead atoms. The van der Waals surface area contributed by atoms with Crippen molar-refractivity contribution in [2.24, 2.45) is 5.92 Å². The molecule has 2 aromatic rings. The first-order chi connectivity index (χ1) is 16.0. The highest BCUT2D eigenvalue weighted by Crippen LogP contribution is 2.30. The third-order valence-corrected chi connectivity index (χ3v) is 6.79. The summed E-state index contributed by atoms with van der Waals surface area (Å²) in [6.07, 6.45) is -1.55. The molecule has 2 amide bonds. The minimum Gasteiger partial charge on any atom is -0.383 e. The lowest BCUT2D eigenvalue weighted by Crippen LogP contribution is -2.49. The van der Waals surface area contributed by atoms with Crippen molar-refractivity contribution in [1.82, 2.24) is 25.2 Å². The summed E-state index contributed by atoms with van der Waals surface area (Å²) in [5, 5.41) is 5.14. The van der Waals surface area contributed by atoms with Gasteiger partial charge in [0.05, 0.1) is 5.01 Å². The van der Waals surface area contributed by atoms with Crippen LogP contribution in [0.1, 0.15) is 65.7 Å². The van der Waals surface area contributed by atoms with Crippen LogP contribution in [0.4, 0.5) is 19.0 Å². The summed E-state index contributed by atoms with van der Waals surface area (Å²) in [5.41, 5.74) is 7.05. The van der Waals surface area contributed by atoms with Crippen molar-refractivity contribution in [2.75, 3.05) is 18.8 Å². The number of likely N-dealkylation sites (tertiary alicyclic amines) is 1. The zero-order chi connectivity index (χ0) is 25.0. The quantitative estimate of drug-likeness (QED) is 0.605. The van der Waals surface area contributed by atoms with E-state index in [2.05, 4.69) is 20.3 Å². The van der Waals surface area contributed by atoms with Gasteiger partial charge in [0.2, 0.25) is 11.7 Å². The van der Waals surface area contributed by atoms with E-state index in [9.17, 15) is 22.8 Å². The average Bonchev–Trinajstić information content (AvgIpc) is 3.23. The molecule has 1 saturated heterocycles. The number of hydrogen-bond acceptors (Lipinski definition) is 7. The van der Waals surface area contributed by atoms with Gasteiger partial charge in [0.15, 0.2) is 0 Å². The Morgan fingerprint density at radius 1 is 1.26 bits per heavy atom. The number of nitrogens with one attached hydrogen (secondary N) is 1. The van der Waals surface area contributed by atoms with Crippen LogP contribution in [0.25, 0.3) is 0 Å². The third kappa shape index (κ3) is 6.22. The van der Waals surface area contributed by atoms with Gasteiger partial charge in [-0.2, -0.15) is 13.2 Å². The molecule has 12 heteroatoms. The molecule has 186 valence electrons. The number of nitrogen functional groups attached to an aromatic ring is 1. The number of carbonyl (C=O) groups excluding carboxylic acids is 2. The highest BCUT2D eigenvalue weighted by atomic mass is 32.1. The van der Waals surface area contributed by atoms with Gasteiger partial charge >= 0.3 is 6.18 Å². The molecule has 1 aliphatic heterocycles. The Balaban J connectivity index is 1.51. The molecule has 0 unspecified atom stereocenters. The van der Waals surface area contributed by atoms with E-state index in [1.165, 1.54) is 11.3 Å². The van der Waals surface area contributed by atoms with Gasteiger partial charge in [-0.3, -0.25) is 9.59 Å². The fourth-order valence-electron chi connectivity index (χ4n) is 4.11. The standard InChI is InChI=1S/C22H29F3N6O2S/c1-4-16-15(18(26)30-21(29-16)22(23,24)25)6-5-14-7-9-31(10-8-14)20(33)12(2)27-19(32)17-11-34-13(3)28-17/h11-12,14H,4-10H2,1-3H3,(H,27,32)(H2,26,29,30)/t12-/m0/s1. The summed E-state index contributed by atoms with van der Waals surface area (Å²) in [4.78, 5) is 38.0. The predicted molar refractivity (Wildman–Crippen MR) is 122 cm³/mol. The molecule has 3 heterocycles. The van der Waals surface area contributed by atoms with Gasteiger partial charge in [-0.15, -0.1) is 11.3 Å². The molecule has 3 N–H and O–H groups in total. The summed E-state index contributed by atoms with van der Waals surface area (Å²) < 4.78 is 38.9. The maximum atomic E-state index is 13.0. The zero-order valence-corrected chi connectivity index (χ0v) is 20.2. The van der Waals surface area contributed by atoms with Crippen LogP contribution in [0, 0.1) is 12.8 Å². The minimum atomic E-state index is -4.63. The summed E-state index contributed by atoms with van der Waals surface area (Å²) >= 11 is 1.37. The van der Waals surface area contributed by atoms with Crippen molar-refractivity contribution < 1.29 is 22.8 Å². The molecule has 2 aromatic heterocycles. The van der Waals surface area contributed by atoms with Gasteiger partial charge in [-0.1, -0.05) is 6.92 Å². The van der Waals surface area contributed by atoms with E-state index in [4.69, 9.17) is 5.73 Å². The lowest BCUT2D eigenvalue weighted by molar-refractivity contribution is -0.145. The molecule has 8 nitrogen and oxygen atoms in total. The van der Waals surface area contributed by atoms with Gasteiger partial charge in [0, 0.05) is 29.7 Å². The number of aromatic nitrogens is 3. The molecular weight excluding hydrogens is 469 g/mol. The normalized spacial score (nSPS) is 15.9. The molecule has 0 saturated carbocycles. The Bertz CT molecular complexity index is 1030. The Morgan fingerprint density at radius 3 is 2.50 bits per heavy atom. The first-order valence-electron chi connectivity index (χ1n) is 11.2. The number of halogens is 3. The van der Waals surface area contributed by atoms with Gasteiger partial charge < -0.3 is 16.0 Å². The molecule has 0 aromatic carbocycles. The van der Waals surface area contributed by atoms with E-state index >= 15 is 0 Å². The van der Waals surface area contributed by atoms with Gasteiger partial charge in [-0.05, 0) is 51.9 Å². The van der Waals surface area contributed by atoms with Crippen LogP contribution >= 0.6 is 11.3 Å². The smallest absolute Gasteiger partial charge is 0.383 e. The molecular formula is C22H29F3N6O2S. The number of thiazole rings is 1. The molecule has 1 aliphatic rings. The number of rotatable bonds is 7. The van der Waals surface area contributed by atoms with E-state index in [0.29, 0.717) is 48.8 Å². The Hall–Kier alpha value is -2.76. The maximum Gasteiger partial charge on any atom is 0.451 e. The average molecular weight is 499 g/mol. The Morgan fingerprint density at radius 2 is 1.94 bits per heavy atom. The highest BCUT2D eigenvalue weighted by molar-refractivity contribution is 7.09. The third-order valence-electron chi connectivity index (χ3n) is 6.01. The number of alkyl halides is 3. The number of hydrogen-bond donors (Lipinski definition) is 2. The van der Waals surface area contributed by atoms with Crippen molar-refractivity contribution >= 4 is 29.0 Å². The first-order valence-corrected chi connectivity index (χ1v) is 12.1. The lowest BCUT2D eigenvalue weighted by atomic mass is 9.90. The Labute approximate surface area is 200 Å². The van der Waals surface area contributed by atoms with Crippen LogP contribution in [-0.4, -0.2) is 50.8 Å². The predicted octanol–water partition coefficient (Wildman–Crippen LogP) is 3.39. The molecule has 3 rings (SSSR count). The van der Waals surface area contributed by atoms with Crippen LogP contribution in [0.3, 0.4) is 0 Å². The van der Waals surface area contributed by atoms with Crippen molar-refractivity contribution in [2.45, 2.75) is 65.1 Å². The second kappa shape index (κ2) is 10.7. The number of aryl methyl sites for hydroxylation is 2. The van der Waals surface area contributed by atoms with Gasteiger partial charge in [-0.25, -0.2) is 15.0 Å². The number of nitrogens with two attached hydrogens (primary N) is 1. The van der Waals surface area contributed by atoms with Crippen molar-refractivity contribution in [3.8, 4) is 0 Å². The fourth-order valence-corrected chi connectivity index (χ4v) is 4.70. The fraction of sp³-hybridized carbons (Fsp3) is 0.591. The van der Waals surface area contributed by atoms with Crippen molar-refractivity contribution in [3.63, 3.8) is 0 Å². The van der Waals surface area contributed by atoms with Crippen molar-refractivity contribution in [3.05, 3.63) is 33.2 Å². The molecule has 0 spiro atoms. The summed E-state index contributed by atoms with van der Waals surface area (Å²) in [5.74, 6) is -1.54. The second-order valence-electron chi connectivity index (χ2n) is 8.46. The topological polar surface area (TPSA) is 114 Å². The number of carbonyl (C=O) groups is 2. The molecule has 34 heavy (non-hydrogen) atoms. The van der Waals surface area contributed by atoms with E-state index in [-0.39, 0.29) is 17.6 Å². The summed E-state index contributed by atoms with van der Waals surface area (Å²) in [7, 11) is 0. The second-order valence-corrected chi connectivity index (χ2v) is 9.53. The van der Waals surface area contributed by atoms with Crippen LogP contribution < -0.4 is 11.1 Å². The monoisotopic (exact) mass is 498 g/mol. The SMILES string of the molecule is CCc1nc(C(F)(F)F)nc(N)c1CCC1CCN(C(=O)[C@H](C)NC(=O)c2csc(C)n2)CC1. The summed E-state index contributed by atoms with van der Waals surface area (Å²) in [6.45, 7) is 6.32. The van der Waals surface area contributed by atoms with Crippen LogP contribution in [0.2, 0.25) is 0 Å². The first kappa shape index (κ1) is 25.9. The van der Waals surface area contributed by atoms with Gasteiger partial charge in [0.25, 0.3) is 5.91 Å². The molecule has 1 atom stereocenters. The van der Waals surface area contributed by atoms with Crippen LogP contribution in [0.5, 0.6) is 0 Å². The highest BCUT2D eigenvalue weighted by Gasteiger charge is 2.36. The Kier molecular flexibility index (Phi) is 8.11. The maximum absolute atomic E-state index is 13.0. The number of piperidine rings is 1. The van der Waals surface area contributed by atoms with Gasteiger partial charge in [0.1, 0.15) is 17.6 Å². The van der Waals surface area contributed by atoms with E-state index in [1.54, 1.807) is 24.1 Å².